The number of rotatable bonds is 2. The summed E-state index contributed by atoms with van der Waals surface area (Å²) < 4.78 is 0. The van der Waals surface area contributed by atoms with E-state index < -0.39 is 0 Å². The first-order chi connectivity index (χ1) is 9.22. The van der Waals surface area contributed by atoms with Crippen LogP contribution in [0.25, 0.3) is 21.3 Å². The normalized spacial score (nSPS) is 10.6. The molecule has 0 aliphatic heterocycles. The minimum Gasteiger partial charge on any atom is -0.302 e. The highest BCUT2D eigenvalue weighted by Gasteiger charge is 2.06. The zero-order valence-corrected chi connectivity index (χ0v) is 10.9. The first kappa shape index (κ1) is 11.7. The van der Waals surface area contributed by atoms with Gasteiger partial charge in [-0.3, -0.25) is 4.79 Å². The fourth-order valence-corrected chi connectivity index (χ4v) is 2.62. The van der Waals surface area contributed by atoms with Gasteiger partial charge in [-0.15, -0.1) is 0 Å². The number of nitrogens with one attached hydrogen (secondary N) is 1. The molecule has 0 aliphatic carbocycles. The van der Waals surface area contributed by atoms with Crippen molar-refractivity contribution in [2.45, 2.75) is 6.92 Å². The summed E-state index contributed by atoms with van der Waals surface area (Å²) >= 11 is 1.44. The molecule has 0 saturated heterocycles. The lowest BCUT2D eigenvalue weighted by molar-refractivity contribution is -0.114. The first-order valence-corrected chi connectivity index (χ1v) is 6.49. The van der Waals surface area contributed by atoms with Crippen LogP contribution in [0.3, 0.4) is 0 Å². The smallest absolute Gasteiger partial charge is 0.223 e. The molecule has 1 N–H and O–H groups in total. The third-order valence-corrected chi connectivity index (χ3v) is 3.55. The van der Waals surface area contributed by atoms with Crippen LogP contribution in [0, 0.1) is 0 Å². The number of thiazole rings is 1. The van der Waals surface area contributed by atoms with E-state index in [0.717, 1.165) is 21.3 Å². The molecule has 6 heteroatoms. The Morgan fingerprint density at radius 1 is 1.32 bits per heavy atom. The molecule has 0 fully saturated rings. The summed E-state index contributed by atoms with van der Waals surface area (Å²) in [5.74, 6) is -0.116. The summed E-state index contributed by atoms with van der Waals surface area (Å²) in [7, 11) is 0. The van der Waals surface area contributed by atoms with Crippen molar-refractivity contribution in [3.05, 3.63) is 36.7 Å². The maximum atomic E-state index is 11.0. The third-order valence-electron chi connectivity index (χ3n) is 2.59. The minimum absolute atomic E-state index is 0.116. The Hall–Kier alpha value is -2.34. The molecule has 3 rings (SSSR count). The van der Waals surface area contributed by atoms with E-state index in [4.69, 9.17) is 0 Å². The summed E-state index contributed by atoms with van der Waals surface area (Å²) in [6.07, 6.45) is 3.42. The summed E-state index contributed by atoms with van der Waals surface area (Å²) in [6, 6.07) is 7.86. The van der Waals surface area contributed by atoms with Crippen LogP contribution in [-0.4, -0.2) is 21.1 Å². The van der Waals surface area contributed by atoms with Crippen LogP contribution in [0.5, 0.6) is 0 Å². The van der Waals surface area contributed by atoms with Crippen LogP contribution in [0.4, 0.5) is 5.13 Å². The number of hydrogen-bond donors (Lipinski definition) is 1. The van der Waals surface area contributed by atoms with E-state index in [2.05, 4.69) is 20.5 Å². The van der Waals surface area contributed by atoms with Gasteiger partial charge in [-0.2, -0.15) is 10.2 Å². The maximum Gasteiger partial charge on any atom is 0.223 e. The highest BCUT2D eigenvalue weighted by atomic mass is 32.1. The fourth-order valence-electron chi connectivity index (χ4n) is 1.76. The molecule has 0 unspecified atom stereocenters. The summed E-state index contributed by atoms with van der Waals surface area (Å²) in [5.41, 5.74) is 1.91. The zero-order valence-electron chi connectivity index (χ0n) is 10.1. The monoisotopic (exact) mass is 270 g/mol. The zero-order chi connectivity index (χ0) is 13.2. The molecule has 0 saturated carbocycles. The predicted octanol–water partition coefficient (Wildman–Crippen LogP) is 2.71. The molecule has 0 radical (unpaired) electrons. The van der Waals surface area contributed by atoms with Crippen LogP contribution in [-0.2, 0) is 4.79 Å². The fraction of sp³-hybridized carbons (Fsp3) is 0.0769. The topological polar surface area (TPSA) is 67.8 Å². The molecular weight excluding hydrogens is 260 g/mol. The van der Waals surface area contributed by atoms with Crippen molar-refractivity contribution in [3.8, 4) is 10.4 Å². The Bertz CT molecular complexity index is 753. The van der Waals surface area contributed by atoms with Crippen LogP contribution in [0.2, 0.25) is 0 Å². The quantitative estimate of drug-likeness (QED) is 0.777. The summed E-state index contributed by atoms with van der Waals surface area (Å²) in [5, 5.41) is 12.2. The Morgan fingerprint density at radius 3 is 3.05 bits per heavy atom. The molecule has 19 heavy (non-hydrogen) atoms. The van der Waals surface area contributed by atoms with Gasteiger partial charge in [0.15, 0.2) is 5.13 Å². The Kier molecular flexibility index (Phi) is 2.92. The molecule has 3 aromatic rings. The number of aromatic nitrogens is 3. The molecule has 5 nitrogen and oxygen atoms in total. The molecule has 2 heterocycles. The second-order valence-electron chi connectivity index (χ2n) is 4.02. The van der Waals surface area contributed by atoms with Crippen molar-refractivity contribution in [2.24, 2.45) is 0 Å². The van der Waals surface area contributed by atoms with Gasteiger partial charge in [0.05, 0.1) is 16.6 Å². The molecule has 0 bridgehead atoms. The number of carbonyl (C=O) groups excluding carboxylic acids is 1. The average Bonchev–Trinajstić information content (AvgIpc) is 2.86. The van der Waals surface area contributed by atoms with Gasteiger partial charge in [-0.05, 0) is 23.8 Å². The van der Waals surface area contributed by atoms with Crippen LogP contribution in [0.15, 0.2) is 36.7 Å². The number of fused-ring (bicyclic) bond motifs is 1. The van der Waals surface area contributed by atoms with Crippen molar-refractivity contribution in [2.75, 3.05) is 5.32 Å². The number of hydrogen-bond acceptors (Lipinski definition) is 5. The van der Waals surface area contributed by atoms with Crippen molar-refractivity contribution in [1.29, 1.82) is 0 Å². The molecule has 0 spiro atoms. The van der Waals surface area contributed by atoms with Gasteiger partial charge >= 0.3 is 0 Å². The van der Waals surface area contributed by atoms with Gasteiger partial charge in [0.25, 0.3) is 0 Å². The second kappa shape index (κ2) is 4.74. The van der Waals surface area contributed by atoms with Crippen molar-refractivity contribution >= 4 is 33.3 Å². The van der Waals surface area contributed by atoms with Gasteiger partial charge in [0.2, 0.25) is 5.91 Å². The summed E-state index contributed by atoms with van der Waals surface area (Å²) in [6.45, 7) is 1.47. The number of benzene rings is 1. The number of carbonyl (C=O) groups is 1. The minimum atomic E-state index is -0.116. The first-order valence-electron chi connectivity index (χ1n) is 5.67. The van der Waals surface area contributed by atoms with E-state index in [0.29, 0.717) is 5.13 Å². The highest BCUT2D eigenvalue weighted by Crippen LogP contribution is 2.30. The van der Waals surface area contributed by atoms with Crippen molar-refractivity contribution in [1.82, 2.24) is 15.2 Å². The lowest BCUT2D eigenvalue weighted by Gasteiger charge is -1.99. The highest BCUT2D eigenvalue weighted by molar-refractivity contribution is 7.19. The number of anilines is 1. The molecule has 94 valence electrons. The molecule has 1 amide bonds. The molecule has 2 aromatic heterocycles. The van der Waals surface area contributed by atoms with Crippen LogP contribution in [0.1, 0.15) is 6.92 Å². The van der Waals surface area contributed by atoms with Gasteiger partial charge in [0.1, 0.15) is 0 Å². The molecule has 0 atom stereocenters. The van der Waals surface area contributed by atoms with Crippen LogP contribution < -0.4 is 5.32 Å². The Morgan fingerprint density at radius 2 is 2.21 bits per heavy atom. The number of nitrogens with zero attached hydrogens (tertiary/aromatic N) is 3. The standard InChI is InChI=1S/C13H10N4OS/c1-8(18)16-13-14-7-12(19-13)10-2-3-11-9(6-10)4-5-15-17-11/h2-7H,1H3,(H,14,16,18). The summed E-state index contributed by atoms with van der Waals surface area (Å²) in [4.78, 5) is 16.1. The SMILES string of the molecule is CC(=O)Nc1ncc(-c2ccc3nnccc3c2)s1. The van der Waals surface area contributed by atoms with E-state index in [1.165, 1.54) is 18.3 Å². The maximum absolute atomic E-state index is 11.0. The van der Waals surface area contributed by atoms with Crippen molar-refractivity contribution < 1.29 is 4.79 Å². The lowest BCUT2D eigenvalue weighted by Crippen LogP contribution is -2.04. The second-order valence-corrected chi connectivity index (χ2v) is 5.05. The molecule has 0 aliphatic rings. The third kappa shape index (κ3) is 2.43. The van der Waals surface area contributed by atoms with Crippen molar-refractivity contribution in [3.63, 3.8) is 0 Å². The van der Waals surface area contributed by atoms with Gasteiger partial charge in [-0.25, -0.2) is 4.98 Å². The largest absolute Gasteiger partial charge is 0.302 e. The Labute approximate surface area is 113 Å². The number of amides is 1. The predicted molar refractivity (Wildman–Crippen MR) is 74.9 cm³/mol. The lowest BCUT2D eigenvalue weighted by atomic mass is 10.1. The molecular formula is C13H10N4OS. The van der Waals surface area contributed by atoms with E-state index >= 15 is 0 Å². The van der Waals surface area contributed by atoms with Gasteiger partial charge < -0.3 is 5.32 Å². The molecule has 1 aromatic carbocycles. The van der Waals surface area contributed by atoms with Crippen LogP contribution >= 0.6 is 11.3 Å². The van der Waals surface area contributed by atoms with Gasteiger partial charge in [-0.1, -0.05) is 17.4 Å². The van der Waals surface area contributed by atoms with E-state index in [9.17, 15) is 4.79 Å². The van der Waals surface area contributed by atoms with E-state index in [1.54, 1.807) is 12.4 Å². The Balaban J connectivity index is 1.99. The average molecular weight is 270 g/mol. The van der Waals surface area contributed by atoms with Gasteiger partial charge in [0, 0.05) is 18.5 Å². The van der Waals surface area contributed by atoms with E-state index in [1.807, 2.05) is 24.3 Å². The van der Waals surface area contributed by atoms with E-state index in [-0.39, 0.29) is 5.91 Å².